The van der Waals surface area contributed by atoms with E-state index in [4.69, 9.17) is 4.74 Å². The number of ether oxygens (including phenoxy) is 2. The molecule has 0 saturated carbocycles. The van der Waals surface area contributed by atoms with Crippen molar-refractivity contribution in [1.29, 1.82) is 0 Å². The van der Waals surface area contributed by atoms with E-state index < -0.39 is 17.5 Å². The predicted molar refractivity (Wildman–Crippen MR) is 42.2 cm³/mol. The fourth-order valence-corrected chi connectivity index (χ4v) is 0.623. The van der Waals surface area contributed by atoms with Gasteiger partial charge in [0.15, 0.2) is 0 Å². The Labute approximate surface area is 71.8 Å². The molecule has 4 heteroatoms. The van der Waals surface area contributed by atoms with Crippen molar-refractivity contribution < 1.29 is 19.1 Å². The van der Waals surface area contributed by atoms with Crippen LogP contribution in [-0.2, 0) is 19.1 Å². The van der Waals surface area contributed by atoms with E-state index >= 15 is 0 Å². The summed E-state index contributed by atoms with van der Waals surface area (Å²) in [6.45, 7) is 6.26. The van der Waals surface area contributed by atoms with E-state index in [1.165, 1.54) is 21.0 Å². The lowest BCUT2D eigenvalue weighted by Gasteiger charge is -2.21. The van der Waals surface area contributed by atoms with E-state index in [1.54, 1.807) is 0 Å². The molecule has 0 fully saturated rings. The number of hydrogen-bond acceptors (Lipinski definition) is 4. The SMILES string of the molecule is [CH2]CC(=O)OC(C)(C)C(=O)OC. The molecule has 0 bridgehead atoms. The molecular weight excluding hydrogens is 160 g/mol. The van der Waals surface area contributed by atoms with Crippen LogP contribution in [0.2, 0.25) is 0 Å². The van der Waals surface area contributed by atoms with Crippen LogP contribution in [0, 0.1) is 6.92 Å². The summed E-state index contributed by atoms with van der Waals surface area (Å²) in [7, 11) is 1.24. The van der Waals surface area contributed by atoms with Crippen molar-refractivity contribution in [2.24, 2.45) is 0 Å². The van der Waals surface area contributed by atoms with Gasteiger partial charge in [0.05, 0.1) is 7.11 Å². The lowest BCUT2D eigenvalue weighted by Crippen LogP contribution is -2.38. The van der Waals surface area contributed by atoms with Crippen molar-refractivity contribution in [3.05, 3.63) is 6.92 Å². The fraction of sp³-hybridized carbons (Fsp3) is 0.625. The van der Waals surface area contributed by atoms with E-state index in [0.717, 1.165) is 0 Å². The summed E-state index contributed by atoms with van der Waals surface area (Å²) in [4.78, 5) is 21.7. The molecule has 0 aliphatic rings. The van der Waals surface area contributed by atoms with Crippen LogP contribution in [0.5, 0.6) is 0 Å². The third-order valence-electron chi connectivity index (χ3n) is 1.25. The zero-order valence-corrected chi connectivity index (χ0v) is 7.55. The minimum Gasteiger partial charge on any atom is -0.466 e. The minimum absolute atomic E-state index is 0.000421. The largest absolute Gasteiger partial charge is 0.466 e. The van der Waals surface area contributed by atoms with Crippen LogP contribution in [0.3, 0.4) is 0 Å². The van der Waals surface area contributed by atoms with Crippen LogP contribution in [0.25, 0.3) is 0 Å². The highest BCUT2D eigenvalue weighted by Gasteiger charge is 2.32. The maximum Gasteiger partial charge on any atom is 0.349 e. The number of methoxy groups -OCH3 is 1. The highest BCUT2D eigenvalue weighted by Crippen LogP contribution is 2.11. The van der Waals surface area contributed by atoms with Gasteiger partial charge in [-0.25, -0.2) is 4.79 Å². The highest BCUT2D eigenvalue weighted by molar-refractivity contribution is 5.82. The molecular formula is C8H13O4. The Morgan fingerprint density at radius 2 is 1.92 bits per heavy atom. The summed E-state index contributed by atoms with van der Waals surface area (Å²) < 4.78 is 9.19. The molecule has 0 unspecified atom stereocenters. The normalized spacial score (nSPS) is 10.7. The standard InChI is InChI=1S/C8H13O4/c1-5-6(9)12-8(2,3)7(10)11-4/h1,5H2,2-4H3. The zero-order chi connectivity index (χ0) is 9.78. The van der Waals surface area contributed by atoms with Crippen molar-refractivity contribution in [2.45, 2.75) is 25.9 Å². The maximum absolute atomic E-state index is 11.0. The fourth-order valence-electron chi connectivity index (χ4n) is 0.623. The van der Waals surface area contributed by atoms with Gasteiger partial charge in [-0.05, 0) is 20.8 Å². The second kappa shape index (κ2) is 4.09. The van der Waals surface area contributed by atoms with Gasteiger partial charge in [-0.1, -0.05) is 0 Å². The predicted octanol–water partition coefficient (Wildman–Crippen LogP) is 0.705. The topological polar surface area (TPSA) is 52.6 Å². The number of rotatable bonds is 3. The van der Waals surface area contributed by atoms with Gasteiger partial charge in [-0.15, -0.1) is 0 Å². The molecule has 0 amide bonds. The van der Waals surface area contributed by atoms with Crippen LogP contribution >= 0.6 is 0 Å². The molecule has 0 rings (SSSR count). The summed E-state index contributed by atoms with van der Waals surface area (Å²) in [6, 6.07) is 0. The van der Waals surface area contributed by atoms with E-state index in [0.29, 0.717) is 0 Å². The van der Waals surface area contributed by atoms with Gasteiger partial charge in [-0.3, -0.25) is 4.79 Å². The van der Waals surface area contributed by atoms with Crippen molar-refractivity contribution in [1.82, 2.24) is 0 Å². The third-order valence-corrected chi connectivity index (χ3v) is 1.25. The Balaban J connectivity index is 4.21. The van der Waals surface area contributed by atoms with Crippen LogP contribution < -0.4 is 0 Å². The molecule has 69 valence electrons. The Kier molecular flexibility index (Phi) is 3.73. The van der Waals surface area contributed by atoms with Gasteiger partial charge in [-0.2, -0.15) is 0 Å². The van der Waals surface area contributed by atoms with E-state index in [-0.39, 0.29) is 6.42 Å². The third kappa shape index (κ3) is 2.90. The summed E-state index contributed by atoms with van der Waals surface area (Å²) in [5.74, 6) is -1.10. The second-order valence-corrected chi connectivity index (χ2v) is 2.73. The molecule has 0 heterocycles. The van der Waals surface area contributed by atoms with Crippen LogP contribution in [0.15, 0.2) is 0 Å². The van der Waals surface area contributed by atoms with Crippen molar-refractivity contribution in [2.75, 3.05) is 7.11 Å². The molecule has 0 aromatic carbocycles. The van der Waals surface area contributed by atoms with Crippen LogP contribution in [0.1, 0.15) is 20.3 Å². The molecule has 0 aromatic rings. The molecule has 0 aromatic heterocycles. The van der Waals surface area contributed by atoms with Crippen molar-refractivity contribution >= 4 is 11.9 Å². The van der Waals surface area contributed by atoms with Gasteiger partial charge < -0.3 is 9.47 Å². The minimum atomic E-state index is -1.22. The monoisotopic (exact) mass is 173 g/mol. The smallest absolute Gasteiger partial charge is 0.349 e. The number of carbonyl (C=O) groups excluding carboxylic acids is 2. The lowest BCUT2D eigenvalue weighted by molar-refractivity contribution is -0.176. The quantitative estimate of drug-likeness (QED) is 0.589. The first-order valence-electron chi connectivity index (χ1n) is 3.53. The van der Waals surface area contributed by atoms with Crippen LogP contribution in [0.4, 0.5) is 0 Å². The Morgan fingerprint density at radius 3 is 2.25 bits per heavy atom. The number of esters is 2. The average molecular weight is 173 g/mol. The number of carbonyl (C=O) groups is 2. The zero-order valence-electron chi connectivity index (χ0n) is 7.55. The highest BCUT2D eigenvalue weighted by atomic mass is 16.6. The number of hydrogen-bond donors (Lipinski definition) is 0. The molecule has 0 saturated heterocycles. The maximum atomic E-state index is 11.0. The lowest BCUT2D eigenvalue weighted by atomic mass is 10.1. The Hall–Kier alpha value is -1.06. The van der Waals surface area contributed by atoms with E-state index in [2.05, 4.69) is 11.7 Å². The van der Waals surface area contributed by atoms with Crippen molar-refractivity contribution in [3.63, 3.8) is 0 Å². The summed E-state index contributed by atoms with van der Waals surface area (Å²) in [5, 5.41) is 0. The van der Waals surface area contributed by atoms with Gasteiger partial charge in [0.25, 0.3) is 0 Å². The first-order valence-corrected chi connectivity index (χ1v) is 3.53. The van der Waals surface area contributed by atoms with Gasteiger partial charge in [0.2, 0.25) is 5.60 Å². The molecule has 0 N–H and O–H groups in total. The average Bonchev–Trinajstić information content (AvgIpc) is 2.02. The molecule has 0 spiro atoms. The second-order valence-electron chi connectivity index (χ2n) is 2.73. The van der Waals surface area contributed by atoms with Crippen LogP contribution in [-0.4, -0.2) is 24.6 Å². The van der Waals surface area contributed by atoms with E-state index in [9.17, 15) is 9.59 Å². The molecule has 12 heavy (non-hydrogen) atoms. The molecule has 0 aliphatic heterocycles. The first kappa shape index (κ1) is 10.9. The molecule has 4 nitrogen and oxygen atoms in total. The summed E-state index contributed by atoms with van der Waals surface area (Å²) in [5.41, 5.74) is -1.22. The van der Waals surface area contributed by atoms with Crippen molar-refractivity contribution in [3.8, 4) is 0 Å². The van der Waals surface area contributed by atoms with E-state index in [1.807, 2.05) is 0 Å². The van der Waals surface area contributed by atoms with Gasteiger partial charge in [0, 0.05) is 6.42 Å². The Morgan fingerprint density at radius 1 is 1.42 bits per heavy atom. The molecule has 1 radical (unpaired) electrons. The van der Waals surface area contributed by atoms with Gasteiger partial charge >= 0.3 is 11.9 Å². The van der Waals surface area contributed by atoms with Gasteiger partial charge in [0.1, 0.15) is 0 Å². The summed E-state index contributed by atoms with van der Waals surface area (Å²) >= 11 is 0. The first-order chi connectivity index (χ1) is 5.44. The molecule has 0 aliphatic carbocycles. The summed E-state index contributed by atoms with van der Waals surface area (Å²) in [6.07, 6.45) is 0.000421. The Bertz CT molecular complexity index is 183. The molecule has 0 atom stereocenters.